The van der Waals surface area contributed by atoms with Gasteiger partial charge in [0.05, 0.1) is 5.02 Å². The van der Waals surface area contributed by atoms with Crippen LogP contribution in [-0.2, 0) is 0 Å². The van der Waals surface area contributed by atoms with Crippen LogP contribution in [0.5, 0.6) is 0 Å². The van der Waals surface area contributed by atoms with Crippen LogP contribution in [0.15, 0.2) is 42.9 Å². The zero-order chi connectivity index (χ0) is 15.5. The second-order valence-electron chi connectivity index (χ2n) is 5.44. The fraction of sp³-hybridized carbons (Fsp3) is 0.312. The van der Waals surface area contributed by atoms with Gasteiger partial charge >= 0.3 is 0 Å². The lowest BCUT2D eigenvalue weighted by Gasteiger charge is -2.16. The van der Waals surface area contributed by atoms with E-state index in [1.807, 2.05) is 18.2 Å². The summed E-state index contributed by atoms with van der Waals surface area (Å²) < 4.78 is 0. The maximum absolute atomic E-state index is 12.6. The van der Waals surface area contributed by atoms with Crippen molar-refractivity contribution in [2.45, 2.75) is 5.92 Å². The number of likely N-dealkylation sites (tertiary alicyclic amines) is 1. The molecule has 1 aliphatic heterocycles. The smallest absolute Gasteiger partial charge is 0.274 e. The molecule has 0 bridgehead atoms. The molecule has 2 N–H and O–H groups in total. The largest absolute Gasteiger partial charge is 0.336 e. The Hall–Kier alpha value is -1.69. The van der Waals surface area contributed by atoms with E-state index >= 15 is 0 Å². The summed E-state index contributed by atoms with van der Waals surface area (Å²) in [5, 5.41) is 0.278. The Balaban J connectivity index is 0.00000192. The van der Waals surface area contributed by atoms with E-state index in [-0.39, 0.29) is 40.9 Å². The van der Waals surface area contributed by atoms with Crippen molar-refractivity contribution in [1.82, 2.24) is 14.9 Å². The van der Waals surface area contributed by atoms with Crippen molar-refractivity contribution in [3.05, 3.63) is 59.1 Å². The third-order valence-corrected chi connectivity index (χ3v) is 4.41. The van der Waals surface area contributed by atoms with Gasteiger partial charge in [-0.25, -0.2) is 9.97 Å². The van der Waals surface area contributed by atoms with Gasteiger partial charge in [-0.2, -0.15) is 0 Å². The molecule has 122 valence electrons. The van der Waals surface area contributed by atoms with Gasteiger partial charge in [-0.15, -0.1) is 12.4 Å². The van der Waals surface area contributed by atoms with Crippen molar-refractivity contribution in [3.63, 3.8) is 0 Å². The first kappa shape index (κ1) is 17.7. The van der Waals surface area contributed by atoms with Gasteiger partial charge in [-0.1, -0.05) is 41.9 Å². The number of carbonyl (C=O) groups excluding carboxylic acids is 1. The number of halogens is 2. The van der Waals surface area contributed by atoms with Crippen LogP contribution in [0.2, 0.25) is 5.02 Å². The van der Waals surface area contributed by atoms with Gasteiger partial charge in [0.15, 0.2) is 0 Å². The molecule has 23 heavy (non-hydrogen) atoms. The lowest BCUT2D eigenvalue weighted by atomic mass is 9.89. The molecule has 0 spiro atoms. The summed E-state index contributed by atoms with van der Waals surface area (Å²) in [5.41, 5.74) is 7.36. The number of amides is 1. The number of benzene rings is 1. The molecule has 1 amide bonds. The molecule has 0 saturated carbocycles. The predicted molar refractivity (Wildman–Crippen MR) is 91.9 cm³/mol. The molecule has 1 aliphatic rings. The predicted octanol–water partition coefficient (Wildman–Crippen LogP) is 2.37. The summed E-state index contributed by atoms with van der Waals surface area (Å²) in [6, 6.07) is 10.2. The van der Waals surface area contributed by atoms with E-state index in [1.54, 1.807) is 4.90 Å². The average Bonchev–Trinajstić information content (AvgIpc) is 3.00. The molecule has 1 saturated heterocycles. The first-order chi connectivity index (χ1) is 10.7. The molecule has 5 nitrogen and oxygen atoms in total. The molecule has 0 radical (unpaired) electrons. The fourth-order valence-corrected chi connectivity index (χ4v) is 3.16. The lowest BCUT2D eigenvalue weighted by Crippen LogP contribution is -2.30. The van der Waals surface area contributed by atoms with Gasteiger partial charge < -0.3 is 10.6 Å². The topological polar surface area (TPSA) is 72.1 Å². The summed E-state index contributed by atoms with van der Waals surface area (Å²) in [6.45, 7) is 1.79. The second kappa shape index (κ2) is 7.73. The average molecular weight is 353 g/mol. The molecular formula is C16H18Cl2N4O. The van der Waals surface area contributed by atoms with Crippen LogP contribution < -0.4 is 5.73 Å². The van der Waals surface area contributed by atoms with Crippen LogP contribution in [0, 0.1) is 5.92 Å². The Kier molecular flexibility index (Phi) is 5.93. The Labute approximate surface area is 146 Å². The zero-order valence-corrected chi connectivity index (χ0v) is 14.0. The van der Waals surface area contributed by atoms with Crippen LogP contribution in [0.3, 0.4) is 0 Å². The summed E-state index contributed by atoms with van der Waals surface area (Å²) in [6.07, 6.45) is 2.78. The lowest BCUT2D eigenvalue weighted by molar-refractivity contribution is 0.0780. The third-order valence-electron chi connectivity index (χ3n) is 4.13. The summed E-state index contributed by atoms with van der Waals surface area (Å²) in [5.74, 6) is 0.326. The first-order valence-electron chi connectivity index (χ1n) is 7.20. The maximum atomic E-state index is 12.6. The highest BCUT2D eigenvalue weighted by Crippen LogP contribution is 2.33. The van der Waals surface area contributed by atoms with Gasteiger partial charge in [-0.05, 0) is 18.0 Å². The van der Waals surface area contributed by atoms with Crippen molar-refractivity contribution < 1.29 is 4.79 Å². The molecule has 1 aromatic heterocycles. The molecule has 0 aliphatic carbocycles. The summed E-state index contributed by atoms with van der Waals surface area (Å²) >= 11 is 6.02. The Morgan fingerprint density at radius 3 is 2.70 bits per heavy atom. The molecule has 1 aromatic carbocycles. The molecule has 2 atom stereocenters. The van der Waals surface area contributed by atoms with Crippen molar-refractivity contribution in [3.8, 4) is 0 Å². The number of hydrogen-bond donors (Lipinski definition) is 1. The van der Waals surface area contributed by atoms with Crippen LogP contribution >= 0.6 is 24.0 Å². The van der Waals surface area contributed by atoms with Crippen LogP contribution in [-0.4, -0.2) is 40.4 Å². The minimum atomic E-state index is -0.163. The van der Waals surface area contributed by atoms with Crippen molar-refractivity contribution in [2.24, 2.45) is 11.7 Å². The normalized spacial score (nSPS) is 20.2. The molecule has 3 rings (SSSR count). The van der Waals surface area contributed by atoms with Crippen LogP contribution in [0.4, 0.5) is 0 Å². The summed E-state index contributed by atoms with van der Waals surface area (Å²) in [4.78, 5) is 22.2. The number of nitrogens with zero attached hydrogens (tertiary/aromatic N) is 3. The van der Waals surface area contributed by atoms with Gasteiger partial charge in [0.1, 0.15) is 12.0 Å². The number of hydrogen-bond acceptors (Lipinski definition) is 4. The Bertz CT molecular complexity index is 668. The van der Waals surface area contributed by atoms with Crippen LogP contribution in [0.1, 0.15) is 22.0 Å². The molecule has 2 heterocycles. The number of aromatic nitrogens is 2. The molecule has 7 heteroatoms. The van der Waals surface area contributed by atoms with Crippen LogP contribution in [0.25, 0.3) is 0 Å². The minimum Gasteiger partial charge on any atom is -0.336 e. The van der Waals surface area contributed by atoms with Crippen molar-refractivity contribution in [1.29, 1.82) is 0 Å². The highest BCUT2D eigenvalue weighted by Gasteiger charge is 2.36. The zero-order valence-electron chi connectivity index (χ0n) is 12.4. The van der Waals surface area contributed by atoms with Gasteiger partial charge in [0, 0.05) is 25.2 Å². The van der Waals surface area contributed by atoms with Gasteiger partial charge in [0.25, 0.3) is 5.91 Å². The fourth-order valence-electron chi connectivity index (χ4n) is 2.97. The van der Waals surface area contributed by atoms with Crippen molar-refractivity contribution >= 4 is 29.9 Å². The van der Waals surface area contributed by atoms with E-state index in [2.05, 4.69) is 22.1 Å². The highest BCUT2D eigenvalue weighted by molar-refractivity contribution is 6.33. The van der Waals surface area contributed by atoms with E-state index in [4.69, 9.17) is 17.3 Å². The molecule has 2 aromatic rings. The molecule has 0 unspecified atom stereocenters. The first-order valence-corrected chi connectivity index (χ1v) is 7.58. The monoisotopic (exact) mass is 352 g/mol. The van der Waals surface area contributed by atoms with Gasteiger partial charge in [-0.3, -0.25) is 4.79 Å². The second-order valence-corrected chi connectivity index (χ2v) is 5.85. The highest BCUT2D eigenvalue weighted by atomic mass is 35.5. The van der Waals surface area contributed by atoms with E-state index in [0.29, 0.717) is 19.6 Å². The van der Waals surface area contributed by atoms with E-state index in [0.717, 1.165) is 0 Å². The Morgan fingerprint density at radius 1 is 1.30 bits per heavy atom. The quantitative estimate of drug-likeness (QED) is 0.920. The number of nitrogens with two attached hydrogens (primary N) is 1. The third kappa shape index (κ3) is 3.63. The SMILES string of the molecule is Cl.NC[C@@H]1CN(C(=O)c2ncncc2Cl)C[C@H]1c1ccccc1. The Morgan fingerprint density at radius 2 is 2.04 bits per heavy atom. The van der Waals surface area contributed by atoms with Gasteiger partial charge in [0.2, 0.25) is 0 Å². The standard InChI is InChI=1S/C16H17ClN4O.ClH/c17-14-7-19-10-20-15(14)16(22)21-8-12(6-18)13(9-21)11-4-2-1-3-5-11;/h1-5,7,10,12-13H,6,8-9,18H2;1H/t12-,13+;/m1./s1. The maximum Gasteiger partial charge on any atom is 0.274 e. The summed E-state index contributed by atoms with van der Waals surface area (Å²) in [7, 11) is 0. The van der Waals surface area contributed by atoms with E-state index in [9.17, 15) is 4.79 Å². The molecular weight excluding hydrogens is 335 g/mol. The minimum absolute atomic E-state index is 0. The van der Waals surface area contributed by atoms with E-state index < -0.39 is 0 Å². The molecule has 1 fully saturated rings. The number of rotatable bonds is 3. The number of carbonyl (C=O) groups is 1. The van der Waals surface area contributed by atoms with E-state index in [1.165, 1.54) is 18.1 Å². The van der Waals surface area contributed by atoms with Crippen molar-refractivity contribution in [2.75, 3.05) is 19.6 Å².